The third kappa shape index (κ3) is 5.43. The zero-order valence-electron chi connectivity index (χ0n) is 19.5. The average molecular weight is 494 g/mol. The molecule has 1 aliphatic carbocycles. The predicted molar refractivity (Wildman–Crippen MR) is 131 cm³/mol. The Hall–Kier alpha value is -3.53. The molecule has 1 aromatic heterocycles. The van der Waals surface area contributed by atoms with Crippen LogP contribution in [0.5, 0.6) is 11.5 Å². The smallest absolute Gasteiger partial charge is 0.254 e. The van der Waals surface area contributed by atoms with Gasteiger partial charge in [-0.25, -0.2) is 0 Å². The van der Waals surface area contributed by atoms with E-state index < -0.39 is 0 Å². The quantitative estimate of drug-likeness (QED) is 0.476. The first-order chi connectivity index (χ1) is 17.1. The number of aromatic nitrogens is 3. The van der Waals surface area contributed by atoms with Crippen LogP contribution in [0.25, 0.3) is 0 Å². The Morgan fingerprint density at radius 3 is 2.77 bits per heavy atom. The van der Waals surface area contributed by atoms with E-state index in [0.29, 0.717) is 28.7 Å². The number of aryl methyl sites for hydroxylation is 1. The summed E-state index contributed by atoms with van der Waals surface area (Å²) in [5, 5.41) is 11.3. The standard InChI is InChI=1S/C25H27N5O4S/c1-29-15-26-28-25(29)35-14-23(31)27-19-6-4-5-18(12-19)24(32)30(20-7-2-3-8-20)13-17-9-10-21-22(11-17)34-16-33-21/h4-6,9-12,15,20H,2-3,7-8,13-14,16H2,1H3,(H,27,31). The summed E-state index contributed by atoms with van der Waals surface area (Å²) < 4.78 is 12.7. The molecule has 182 valence electrons. The molecule has 5 rings (SSSR count). The van der Waals surface area contributed by atoms with Crippen molar-refractivity contribution in [2.75, 3.05) is 17.9 Å². The van der Waals surface area contributed by atoms with Crippen molar-refractivity contribution in [1.82, 2.24) is 19.7 Å². The number of benzene rings is 2. The molecular weight excluding hydrogens is 466 g/mol. The third-order valence-corrected chi connectivity index (χ3v) is 7.25. The summed E-state index contributed by atoms with van der Waals surface area (Å²) in [5.74, 6) is 1.43. The van der Waals surface area contributed by atoms with Gasteiger partial charge in [0.25, 0.3) is 5.91 Å². The molecule has 3 aromatic rings. The number of carbonyl (C=O) groups is 2. The molecule has 1 fully saturated rings. The SMILES string of the molecule is Cn1cnnc1SCC(=O)Nc1cccc(C(=O)N(Cc2ccc3c(c2)OCO3)C2CCCC2)c1. The van der Waals surface area contributed by atoms with Gasteiger partial charge in [0.15, 0.2) is 16.7 Å². The van der Waals surface area contributed by atoms with E-state index in [1.165, 1.54) is 11.8 Å². The molecule has 1 saturated carbocycles. The van der Waals surface area contributed by atoms with Crippen LogP contribution in [0.4, 0.5) is 5.69 Å². The van der Waals surface area contributed by atoms with E-state index in [1.807, 2.05) is 30.1 Å². The van der Waals surface area contributed by atoms with Crippen LogP contribution in [0.2, 0.25) is 0 Å². The fourth-order valence-electron chi connectivity index (χ4n) is 4.44. The second kappa shape index (κ2) is 10.4. The molecule has 35 heavy (non-hydrogen) atoms. The highest BCUT2D eigenvalue weighted by atomic mass is 32.2. The molecule has 2 aromatic carbocycles. The lowest BCUT2D eigenvalue weighted by atomic mass is 10.1. The van der Waals surface area contributed by atoms with Crippen molar-refractivity contribution in [2.24, 2.45) is 7.05 Å². The van der Waals surface area contributed by atoms with Gasteiger partial charge >= 0.3 is 0 Å². The second-order valence-corrected chi connectivity index (χ2v) is 9.64. The predicted octanol–water partition coefficient (Wildman–Crippen LogP) is 3.86. The first-order valence-corrected chi connectivity index (χ1v) is 12.6. The molecule has 2 amide bonds. The summed E-state index contributed by atoms with van der Waals surface area (Å²) in [4.78, 5) is 28.1. The highest BCUT2D eigenvalue weighted by Gasteiger charge is 2.28. The summed E-state index contributed by atoms with van der Waals surface area (Å²) in [7, 11) is 1.83. The van der Waals surface area contributed by atoms with Gasteiger partial charge in [0.1, 0.15) is 6.33 Å². The van der Waals surface area contributed by atoms with E-state index in [0.717, 1.165) is 37.0 Å². The van der Waals surface area contributed by atoms with Crippen LogP contribution >= 0.6 is 11.8 Å². The molecule has 0 saturated heterocycles. The zero-order chi connectivity index (χ0) is 24.2. The first kappa shape index (κ1) is 23.2. The summed E-state index contributed by atoms with van der Waals surface area (Å²) in [6, 6.07) is 13.1. The Balaban J connectivity index is 1.28. The highest BCUT2D eigenvalue weighted by Crippen LogP contribution is 2.34. The van der Waals surface area contributed by atoms with Crippen LogP contribution in [0.15, 0.2) is 53.9 Å². The maximum atomic E-state index is 13.7. The Morgan fingerprint density at radius 2 is 1.97 bits per heavy atom. The number of rotatable bonds is 8. The van der Waals surface area contributed by atoms with Gasteiger partial charge in [0.2, 0.25) is 12.7 Å². The van der Waals surface area contributed by atoms with Gasteiger partial charge in [-0.05, 0) is 48.7 Å². The van der Waals surface area contributed by atoms with Gasteiger partial charge in [-0.2, -0.15) is 0 Å². The summed E-state index contributed by atoms with van der Waals surface area (Å²) >= 11 is 1.31. The van der Waals surface area contributed by atoms with Gasteiger partial charge in [0, 0.05) is 30.9 Å². The Morgan fingerprint density at radius 1 is 1.14 bits per heavy atom. The van der Waals surface area contributed by atoms with Crippen LogP contribution in [-0.2, 0) is 18.4 Å². The number of fused-ring (bicyclic) bond motifs is 1. The lowest BCUT2D eigenvalue weighted by molar-refractivity contribution is -0.113. The van der Waals surface area contributed by atoms with Gasteiger partial charge in [-0.1, -0.05) is 36.7 Å². The number of hydrogen-bond donors (Lipinski definition) is 1. The van der Waals surface area contributed by atoms with Crippen LogP contribution in [0, 0.1) is 0 Å². The number of amides is 2. The average Bonchev–Trinajstić information content (AvgIpc) is 3.63. The second-order valence-electron chi connectivity index (χ2n) is 8.70. The van der Waals surface area contributed by atoms with Crippen LogP contribution in [-0.4, -0.2) is 50.1 Å². The summed E-state index contributed by atoms with van der Waals surface area (Å²) in [6.45, 7) is 0.713. The molecule has 9 nitrogen and oxygen atoms in total. The van der Waals surface area contributed by atoms with E-state index in [2.05, 4.69) is 15.5 Å². The topological polar surface area (TPSA) is 98.6 Å². The van der Waals surface area contributed by atoms with Crippen molar-refractivity contribution in [3.05, 3.63) is 59.9 Å². The van der Waals surface area contributed by atoms with Gasteiger partial charge in [-0.15, -0.1) is 10.2 Å². The van der Waals surface area contributed by atoms with Crippen molar-refractivity contribution in [3.63, 3.8) is 0 Å². The molecule has 0 radical (unpaired) electrons. The fraction of sp³-hybridized carbons (Fsp3) is 0.360. The Labute approximate surface area is 207 Å². The minimum Gasteiger partial charge on any atom is -0.454 e. The monoisotopic (exact) mass is 493 g/mol. The number of ether oxygens (including phenoxy) is 2. The molecule has 0 unspecified atom stereocenters. The van der Waals surface area contributed by atoms with E-state index >= 15 is 0 Å². The Bertz CT molecular complexity index is 1220. The maximum Gasteiger partial charge on any atom is 0.254 e. The van der Waals surface area contributed by atoms with Crippen LogP contribution in [0.1, 0.15) is 41.6 Å². The number of anilines is 1. The van der Waals surface area contributed by atoms with Gasteiger partial charge < -0.3 is 24.3 Å². The van der Waals surface area contributed by atoms with Gasteiger partial charge in [0.05, 0.1) is 5.75 Å². The molecule has 1 N–H and O–H groups in total. The minimum atomic E-state index is -0.171. The largest absolute Gasteiger partial charge is 0.454 e. The minimum absolute atomic E-state index is 0.0425. The van der Waals surface area contributed by atoms with Crippen molar-refractivity contribution >= 4 is 29.3 Å². The highest BCUT2D eigenvalue weighted by molar-refractivity contribution is 7.99. The molecule has 2 heterocycles. The molecular formula is C25H27N5O4S. The van der Waals surface area contributed by atoms with Crippen molar-refractivity contribution in [2.45, 2.75) is 43.4 Å². The molecule has 0 bridgehead atoms. The van der Waals surface area contributed by atoms with E-state index in [1.54, 1.807) is 35.2 Å². The lowest BCUT2D eigenvalue weighted by Crippen LogP contribution is -2.38. The van der Waals surface area contributed by atoms with Crippen molar-refractivity contribution in [1.29, 1.82) is 0 Å². The zero-order valence-corrected chi connectivity index (χ0v) is 20.3. The molecule has 0 atom stereocenters. The van der Waals surface area contributed by atoms with Gasteiger partial charge in [-0.3, -0.25) is 9.59 Å². The maximum absolute atomic E-state index is 13.7. The fourth-order valence-corrected chi connectivity index (χ4v) is 5.13. The molecule has 10 heteroatoms. The lowest BCUT2D eigenvalue weighted by Gasteiger charge is -2.29. The molecule has 2 aliphatic rings. The van der Waals surface area contributed by atoms with E-state index in [9.17, 15) is 9.59 Å². The normalized spacial score (nSPS) is 14.8. The number of carbonyl (C=O) groups excluding carboxylic acids is 2. The van der Waals surface area contributed by atoms with Crippen LogP contribution < -0.4 is 14.8 Å². The van der Waals surface area contributed by atoms with E-state index in [4.69, 9.17) is 9.47 Å². The molecule has 0 spiro atoms. The number of thioether (sulfide) groups is 1. The number of nitrogens with zero attached hydrogens (tertiary/aromatic N) is 4. The number of nitrogens with one attached hydrogen (secondary N) is 1. The van der Waals surface area contributed by atoms with Crippen molar-refractivity contribution < 1.29 is 19.1 Å². The van der Waals surface area contributed by atoms with Crippen molar-refractivity contribution in [3.8, 4) is 11.5 Å². The van der Waals surface area contributed by atoms with Crippen LogP contribution in [0.3, 0.4) is 0 Å². The summed E-state index contributed by atoms with van der Waals surface area (Å²) in [6.07, 6.45) is 5.82. The third-order valence-electron chi connectivity index (χ3n) is 6.21. The first-order valence-electron chi connectivity index (χ1n) is 11.6. The summed E-state index contributed by atoms with van der Waals surface area (Å²) in [5.41, 5.74) is 2.14. The van der Waals surface area contributed by atoms with E-state index in [-0.39, 0.29) is 30.4 Å². The molecule has 1 aliphatic heterocycles. The number of hydrogen-bond acceptors (Lipinski definition) is 7. The Kier molecular flexibility index (Phi) is 6.89.